The van der Waals surface area contributed by atoms with Gasteiger partial charge in [0, 0.05) is 6.54 Å². The summed E-state index contributed by atoms with van der Waals surface area (Å²) in [7, 11) is 3.53. The zero-order valence-corrected chi connectivity index (χ0v) is 23.7. The first-order valence-electron chi connectivity index (χ1n) is 12.7. The maximum absolute atomic E-state index is 13.4. The van der Waals surface area contributed by atoms with E-state index in [0.29, 0.717) is 11.7 Å². The molecule has 11 heteroatoms. The average Bonchev–Trinajstić information content (AvgIpc) is 3.50. The molecule has 1 unspecified atom stereocenters. The van der Waals surface area contributed by atoms with Gasteiger partial charge in [-0.25, -0.2) is 0 Å². The van der Waals surface area contributed by atoms with Crippen molar-refractivity contribution in [2.75, 3.05) is 27.0 Å². The molecule has 0 aromatic heterocycles. The molecule has 210 valence electrons. The Morgan fingerprint density at radius 2 is 2.00 bits per heavy atom. The largest absolute Gasteiger partial charge is 0.497 e. The number of ether oxygens (including phenoxy) is 3. The highest BCUT2D eigenvalue weighted by Crippen LogP contribution is 2.59. The third kappa shape index (κ3) is 5.77. The van der Waals surface area contributed by atoms with Crippen molar-refractivity contribution in [3.8, 4) is 5.75 Å². The third-order valence-corrected chi connectivity index (χ3v) is 8.76. The Kier molecular flexibility index (Phi) is 10.2. The van der Waals surface area contributed by atoms with E-state index in [2.05, 4.69) is 17.1 Å². The molecule has 3 heterocycles. The molecule has 3 fully saturated rings. The van der Waals surface area contributed by atoms with Crippen LogP contribution in [0.2, 0.25) is 0 Å². The third-order valence-electron chi connectivity index (χ3n) is 7.90. The van der Waals surface area contributed by atoms with Gasteiger partial charge in [0.2, 0.25) is 5.91 Å². The predicted octanol–water partition coefficient (Wildman–Crippen LogP) is 1.72. The SMILES string of the molecule is CCC[C@@H]1C[C@@H](C(=O)N[C@@H]([C@H]2O[C@H](SC)[C@H](O)[C@@H](O)[C@@]23OC3c2ccc(OC)cc2)[C@@H](C)O)N(C)C1.Cl. The lowest BCUT2D eigenvalue weighted by atomic mass is 9.79. The number of hydrogen-bond donors (Lipinski definition) is 4. The minimum Gasteiger partial charge on any atom is -0.497 e. The van der Waals surface area contributed by atoms with E-state index in [-0.39, 0.29) is 24.4 Å². The normalized spacial score (nSPS) is 37.0. The number of aliphatic hydroxyl groups excluding tert-OH is 3. The van der Waals surface area contributed by atoms with Gasteiger partial charge >= 0.3 is 0 Å². The van der Waals surface area contributed by atoms with Crippen molar-refractivity contribution in [3.05, 3.63) is 29.8 Å². The second kappa shape index (κ2) is 12.4. The number of epoxide rings is 1. The second-order valence-electron chi connectivity index (χ2n) is 10.3. The van der Waals surface area contributed by atoms with Crippen molar-refractivity contribution in [1.82, 2.24) is 10.2 Å². The Bertz CT molecular complexity index is 909. The van der Waals surface area contributed by atoms with Gasteiger partial charge in [-0.05, 0) is 56.7 Å². The van der Waals surface area contributed by atoms with E-state index in [9.17, 15) is 20.1 Å². The molecular formula is C26H41ClN2O7S. The second-order valence-corrected chi connectivity index (χ2v) is 11.3. The van der Waals surface area contributed by atoms with Gasteiger partial charge in [-0.3, -0.25) is 9.69 Å². The number of benzene rings is 1. The maximum atomic E-state index is 13.4. The zero-order chi connectivity index (χ0) is 26.2. The van der Waals surface area contributed by atoms with Gasteiger partial charge in [0.1, 0.15) is 35.6 Å². The van der Waals surface area contributed by atoms with Crippen LogP contribution in [0.25, 0.3) is 0 Å². The summed E-state index contributed by atoms with van der Waals surface area (Å²) in [6.45, 7) is 4.60. The van der Waals surface area contributed by atoms with Gasteiger partial charge in [-0.15, -0.1) is 24.2 Å². The van der Waals surface area contributed by atoms with Crippen molar-refractivity contribution in [2.45, 2.75) is 86.8 Å². The lowest BCUT2D eigenvalue weighted by Crippen LogP contribution is -2.67. The topological polar surface area (TPSA) is 124 Å². The highest BCUT2D eigenvalue weighted by atomic mass is 35.5. The summed E-state index contributed by atoms with van der Waals surface area (Å²) in [4.78, 5) is 15.5. The summed E-state index contributed by atoms with van der Waals surface area (Å²) in [5.74, 6) is 0.968. The summed E-state index contributed by atoms with van der Waals surface area (Å²) in [5.41, 5.74) is -1.27. The first kappa shape index (κ1) is 30.4. The molecule has 1 spiro atoms. The van der Waals surface area contributed by atoms with Crippen LogP contribution in [-0.4, -0.2) is 101 Å². The fraction of sp³-hybridized carbons (Fsp3) is 0.731. The number of likely N-dealkylation sites (N-methyl/N-ethyl adjacent to an activating group) is 1. The molecule has 4 rings (SSSR count). The summed E-state index contributed by atoms with van der Waals surface area (Å²) in [6, 6.07) is 6.13. The lowest BCUT2D eigenvalue weighted by Gasteiger charge is -2.45. The number of thioether (sulfide) groups is 1. The number of carbonyl (C=O) groups excluding carboxylic acids is 1. The first-order chi connectivity index (χ1) is 17.2. The Labute approximate surface area is 229 Å². The number of hydrogen-bond acceptors (Lipinski definition) is 9. The fourth-order valence-corrected chi connectivity index (χ4v) is 6.59. The maximum Gasteiger partial charge on any atom is 0.237 e. The van der Waals surface area contributed by atoms with Gasteiger partial charge in [0.15, 0.2) is 5.60 Å². The number of methoxy groups -OCH3 is 1. The van der Waals surface area contributed by atoms with Crippen LogP contribution in [0.4, 0.5) is 0 Å². The monoisotopic (exact) mass is 560 g/mol. The van der Waals surface area contributed by atoms with Crippen LogP contribution in [0.3, 0.4) is 0 Å². The smallest absolute Gasteiger partial charge is 0.237 e. The van der Waals surface area contributed by atoms with Gasteiger partial charge in [-0.1, -0.05) is 25.5 Å². The van der Waals surface area contributed by atoms with Crippen molar-refractivity contribution in [2.24, 2.45) is 5.92 Å². The van der Waals surface area contributed by atoms with Gasteiger partial charge in [0.25, 0.3) is 0 Å². The molecule has 0 saturated carbocycles. The fourth-order valence-electron chi connectivity index (χ4n) is 5.93. The Morgan fingerprint density at radius 1 is 1.32 bits per heavy atom. The number of halogens is 1. The summed E-state index contributed by atoms with van der Waals surface area (Å²) < 4.78 is 17.7. The van der Waals surface area contributed by atoms with Crippen LogP contribution in [0.1, 0.15) is 44.8 Å². The Balaban J connectivity index is 0.00000380. The van der Waals surface area contributed by atoms with Crippen molar-refractivity contribution >= 4 is 30.1 Å². The zero-order valence-electron chi connectivity index (χ0n) is 22.1. The molecule has 0 bridgehead atoms. The van der Waals surface area contributed by atoms with E-state index in [1.165, 1.54) is 11.8 Å². The Morgan fingerprint density at radius 3 is 2.57 bits per heavy atom. The Hall–Kier alpha value is -1.11. The molecule has 3 aliphatic heterocycles. The average molecular weight is 561 g/mol. The number of carbonyl (C=O) groups is 1. The van der Waals surface area contributed by atoms with E-state index >= 15 is 0 Å². The van der Waals surface area contributed by atoms with E-state index in [0.717, 1.165) is 31.4 Å². The van der Waals surface area contributed by atoms with E-state index < -0.39 is 47.6 Å². The lowest BCUT2D eigenvalue weighted by molar-refractivity contribution is -0.195. The van der Waals surface area contributed by atoms with Gasteiger partial charge in [0.05, 0.1) is 25.3 Å². The van der Waals surface area contributed by atoms with Crippen molar-refractivity contribution < 1.29 is 34.3 Å². The van der Waals surface area contributed by atoms with Crippen molar-refractivity contribution in [1.29, 1.82) is 0 Å². The molecular weight excluding hydrogens is 520 g/mol. The number of amides is 1. The van der Waals surface area contributed by atoms with E-state index in [1.807, 2.05) is 19.2 Å². The highest BCUT2D eigenvalue weighted by molar-refractivity contribution is 7.99. The molecule has 9 nitrogen and oxygen atoms in total. The molecule has 0 radical (unpaired) electrons. The number of likely N-dealkylation sites (tertiary alicyclic amines) is 1. The molecule has 1 aromatic rings. The van der Waals surface area contributed by atoms with E-state index in [1.54, 1.807) is 32.4 Å². The number of rotatable bonds is 9. The molecule has 37 heavy (non-hydrogen) atoms. The van der Waals surface area contributed by atoms with Gasteiger partial charge in [-0.2, -0.15) is 0 Å². The van der Waals surface area contributed by atoms with Crippen LogP contribution in [0.15, 0.2) is 24.3 Å². The number of nitrogens with one attached hydrogen (secondary N) is 1. The van der Waals surface area contributed by atoms with Crippen LogP contribution in [0, 0.1) is 5.92 Å². The van der Waals surface area contributed by atoms with Crippen LogP contribution in [-0.2, 0) is 14.3 Å². The van der Waals surface area contributed by atoms with Gasteiger partial charge < -0.3 is 34.8 Å². The molecule has 4 N–H and O–H groups in total. The minimum absolute atomic E-state index is 0. The molecule has 3 saturated heterocycles. The number of aliphatic hydroxyl groups is 3. The summed E-state index contributed by atoms with van der Waals surface area (Å²) in [6.07, 6.45) is -0.241. The van der Waals surface area contributed by atoms with Crippen LogP contribution < -0.4 is 10.1 Å². The molecule has 10 atom stereocenters. The summed E-state index contributed by atoms with van der Waals surface area (Å²) >= 11 is 1.26. The number of nitrogens with zero attached hydrogens (tertiary/aromatic N) is 1. The van der Waals surface area contributed by atoms with Crippen molar-refractivity contribution in [3.63, 3.8) is 0 Å². The molecule has 1 amide bonds. The van der Waals surface area contributed by atoms with Crippen LogP contribution >= 0.6 is 24.2 Å². The first-order valence-corrected chi connectivity index (χ1v) is 14.0. The molecule has 1 aromatic carbocycles. The minimum atomic E-state index is -1.32. The predicted molar refractivity (Wildman–Crippen MR) is 144 cm³/mol. The standard InChI is InChI=1S/C26H40N2O7S.ClH/c1-6-7-15-12-18(28(3)13-15)24(32)27-19(14(2)29)23-26(21(31)20(30)25(34-23)36-5)22(35-26)16-8-10-17(33-4)11-9-16;/h8-11,14-15,18-23,25,29-31H,6-7,12-13H2,1-5H3,(H,27,32);1H/t14-,15-,18+,19-,20-,21-,22?,23-,25-,26+;/m1./s1. The quantitative estimate of drug-likeness (QED) is 0.334. The highest BCUT2D eigenvalue weighted by Gasteiger charge is 2.73. The van der Waals surface area contributed by atoms with E-state index in [4.69, 9.17) is 14.2 Å². The molecule has 3 aliphatic rings. The molecule has 0 aliphatic carbocycles. The van der Waals surface area contributed by atoms with Crippen LogP contribution in [0.5, 0.6) is 5.75 Å². The summed E-state index contributed by atoms with van der Waals surface area (Å²) in [5, 5.41) is 36.0.